The summed E-state index contributed by atoms with van der Waals surface area (Å²) in [5.74, 6) is -0.410. The standard InChI is InChI=1S/C22H29N3O4S/c1-23-12-14-24(15-13-23)21(19-6-4-3-5-7-19)17-25(30(27)28)16-18-8-10-20(11-9-18)22(26)29-2/h3-11,21,30H,12-17H2,1-2H3. The Morgan fingerprint density at radius 1 is 1.03 bits per heavy atom. The SMILES string of the molecule is COC(=O)c1ccc(CN(CC(c2ccccc2)N2CCN(C)CC2)[SH](=O)=O)cc1. The molecule has 1 saturated heterocycles. The number of carbonyl (C=O) groups excluding carboxylic acids is 1. The van der Waals surface area contributed by atoms with Crippen molar-refractivity contribution < 1.29 is 17.9 Å². The van der Waals surface area contributed by atoms with Crippen LogP contribution in [0.25, 0.3) is 0 Å². The van der Waals surface area contributed by atoms with Gasteiger partial charge in [0.25, 0.3) is 0 Å². The summed E-state index contributed by atoms with van der Waals surface area (Å²) < 4.78 is 30.4. The molecule has 1 aliphatic rings. The van der Waals surface area contributed by atoms with Crippen LogP contribution in [0.15, 0.2) is 54.6 Å². The molecule has 8 heteroatoms. The van der Waals surface area contributed by atoms with E-state index < -0.39 is 16.9 Å². The van der Waals surface area contributed by atoms with E-state index in [0.29, 0.717) is 12.1 Å². The van der Waals surface area contributed by atoms with Gasteiger partial charge in [0.2, 0.25) is 10.9 Å². The highest BCUT2D eigenvalue weighted by molar-refractivity contribution is 7.69. The molecule has 1 atom stereocenters. The molecule has 0 bridgehead atoms. The molecular weight excluding hydrogens is 402 g/mol. The maximum absolute atomic E-state index is 12.1. The highest BCUT2D eigenvalue weighted by atomic mass is 32.2. The average molecular weight is 432 g/mol. The predicted octanol–water partition coefficient (Wildman–Crippen LogP) is 1.79. The number of benzene rings is 2. The molecule has 1 heterocycles. The van der Waals surface area contributed by atoms with Crippen LogP contribution in [-0.2, 0) is 22.2 Å². The van der Waals surface area contributed by atoms with E-state index >= 15 is 0 Å². The largest absolute Gasteiger partial charge is 0.465 e. The number of thiol groups is 1. The molecule has 7 nitrogen and oxygen atoms in total. The Labute approximate surface area is 179 Å². The van der Waals surface area contributed by atoms with Gasteiger partial charge in [-0.3, -0.25) is 4.90 Å². The topological polar surface area (TPSA) is 70.2 Å². The van der Waals surface area contributed by atoms with Crippen LogP contribution in [0.5, 0.6) is 0 Å². The quantitative estimate of drug-likeness (QED) is 0.508. The molecule has 0 spiro atoms. The van der Waals surface area contributed by atoms with Crippen LogP contribution < -0.4 is 0 Å². The predicted molar refractivity (Wildman–Crippen MR) is 117 cm³/mol. The Morgan fingerprint density at radius 3 is 2.23 bits per heavy atom. The Bertz CT molecular complexity index is 886. The molecule has 1 unspecified atom stereocenters. The number of rotatable bonds is 8. The minimum Gasteiger partial charge on any atom is -0.465 e. The number of ether oxygens (including phenoxy) is 1. The average Bonchev–Trinajstić information content (AvgIpc) is 2.77. The molecule has 0 aliphatic carbocycles. The van der Waals surface area contributed by atoms with Gasteiger partial charge in [-0.05, 0) is 30.3 Å². The van der Waals surface area contributed by atoms with Crippen LogP contribution in [0.2, 0.25) is 0 Å². The summed E-state index contributed by atoms with van der Waals surface area (Å²) in [5, 5.41) is 0. The zero-order valence-corrected chi connectivity index (χ0v) is 18.3. The first kappa shape index (κ1) is 22.4. The Morgan fingerprint density at radius 2 is 1.67 bits per heavy atom. The summed E-state index contributed by atoms with van der Waals surface area (Å²) in [5.41, 5.74) is 2.39. The molecule has 0 saturated carbocycles. The monoisotopic (exact) mass is 431 g/mol. The molecule has 0 amide bonds. The molecule has 0 N–H and O–H groups in total. The minimum atomic E-state index is -2.76. The van der Waals surface area contributed by atoms with Crippen molar-refractivity contribution in [3.05, 3.63) is 71.3 Å². The van der Waals surface area contributed by atoms with Crippen molar-refractivity contribution in [1.82, 2.24) is 14.1 Å². The van der Waals surface area contributed by atoms with E-state index in [4.69, 9.17) is 4.74 Å². The molecule has 0 radical (unpaired) electrons. The van der Waals surface area contributed by atoms with Crippen LogP contribution in [0.4, 0.5) is 0 Å². The summed E-state index contributed by atoms with van der Waals surface area (Å²) in [4.78, 5) is 16.3. The molecule has 1 fully saturated rings. The van der Waals surface area contributed by atoms with E-state index in [1.807, 2.05) is 18.2 Å². The van der Waals surface area contributed by atoms with Gasteiger partial charge in [0, 0.05) is 45.3 Å². The van der Waals surface area contributed by atoms with Crippen molar-refractivity contribution in [1.29, 1.82) is 0 Å². The second-order valence-electron chi connectivity index (χ2n) is 7.54. The van der Waals surface area contributed by atoms with E-state index in [2.05, 4.69) is 29.0 Å². The molecule has 3 rings (SSSR count). The maximum Gasteiger partial charge on any atom is 0.337 e. The summed E-state index contributed by atoms with van der Waals surface area (Å²) >= 11 is 0. The van der Waals surface area contributed by atoms with E-state index in [1.165, 1.54) is 11.4 Å². The highest BCUT2D eigenvalue weighted by Gasteiger charge is 2.26. The zero-order chi connectivity index (χ0) is 21.5. The molecule has 2 aromatic carbocycles. The van der Waals surface area contributed by atoms with Crippen LogP contribution in [0, 0.1) is 0 Å². The van der Waals surface area contributed by atoms with Crippen LogP contribution in [0.1, 0.15) is 27.5 Å². The van der Waals surface area contributed by atoms with Gasteiger partial charge in [-0.2, -0.15) is 4.31 Å². The van der Waals surface area contributed by atoms with Gasteiger partial charge in [-0.15, -0.1) is 0 Å². The fourth-order valence-corrected chi connectivity index (χ4v) is 4.27. The molecular formula is C22H29N3O4S. The van der Waals surface area contributed by atoms with Crippen molar-refractivity contribution in [2.45, 2.75) is 12.6 Å². The van der Waals surface area contributed by atoms with Crippen LogP contribution in [-0.4, -0.2) is 75.4 Å². The second-order valence-corrected chi connectivity index (χ2v) is 8.58. The summed E-state index contributed by atoms with van der Waals surface area (Å²) in [6.07, 6.45) is 0. The van der Waals surface area contributed by atoms with Crippen molar-refractivity contribution >= 4 is 16.9 Å². The lowest BCUT2D eigenvalue weighted by atomic mass is 10.0. The third-order valence-corrected chi connectivity index (χ3v) is 6.28. The molecule has 30 heavy (non-hydrogen) atoms. The van der Waals surface area contributed by atoms with Gasteiger partial charge < -0.3 is 9.64 Å². The smallest absolute Gasteiger partial charge is 0.337 e. The fourth-order valence-electron chi connectivity index (χ4n) is 3.70. The van der Waals surface area contributed by atoms with Gasteiger partial charge in [-0.25, -0.2) is 13.2 Å². The number of piperazine rings is 1. The van der Waals surface area contributed by atoms with Crippen molar-refractivity contribution in [2.24, 2.45) is 0 Å². The van der Waals surface area contributed by atoms with E-state index in [0.717, 1.165) is 37.3 Å². The zero-order valence-electron chi connectivity index (χ0n) is 17.4. The van der Waals surface area contributed by atoms with Gasteiger partial charge in [0.15, 0.2) is 0 Å². The second kappa shape index (κ2) is 10.7. The normalized spacial score (nSPS) is 16.7. The number of nitrogens with zero attached hydrogens (tertiary/aromatic N) is 3. The number of hydrogen-bond donors (Lipinski definition) is 1. The van der Waals surface area contributed by atoms with Gasteiger partial charge in [0.1, 0.15) is 0 Å². The Kier molecular flexibility index (Phi) is 7.98. The van der Waals surface area contributed by atoms with Gasteiger partial charge >= 0.3 is 5.97 Å². The number of likely N-dealkylation sites (N-methyl/N-ethyl adjacent to an activating group) is 1. The minimum absolute atomic E-state index is 0.0119. The summed E-state index contributed by atoms with van der Waals surface area (Å²) in [7, 11) is 0.681. The third-order valence-electron chi connectivity index (χ3n) is 5.52. The Balaban J connectivity index is 1.78. The van der Waals surface area contributed by atoms with Crippen molar-refractivity contribution in [3.63, 3.8) is 0 Å². The van der Waals surface area contributed by atoms with Crippen LogP contribution in [0.3, 0.4) is 0 Å². The number of esters is 1. The fraction of sp³-hybridized carbons (Fsp3) is 0.409. The van der Waals surface area contributed by atoms with Crippen molar-refractivity contribution in [2.75, 3.05) is 46.9 Å². The maximum atomic E-state index is 12.1. The van der Waals surface area contributed by atoms with Crippen LogP contribution >= 0.6 is 0 Å². The summed E-state index contributed by atoms with van der Waals surface area (Å²) in [6.45, 7) is 4.35. The molecule has 162 valence electrons. The van der Waals surface area contributed by atoms with Crippen molar-refractivity contribution in [3.8, 4) is 0 Å². The van der Waals surface area contributed by atoms with Gasteiger partial charge in [0.05, 0.1) is 12.7 Å². The highest BCUT2D eigenvalue weighted by Crippen LogP contribution is 2.24. The molecule has 0 aromatic heterocycles. The van der Waals surface area contributed by atoms with E-state index in [-0.39, 0.29) is 12.6 Å². The van der Waals surface area contributed by atoms with E-state index in [1.54, 1.807) is 24.3 Å². The first-order chi connectivity index (χ1) is 14.5. The van der Waals surface area contributed by atoms with E-state index in [9.17, 15) is 13.2 Å². The lowest BCUT2D eigenvalue weighted by molar-refractivity contribution is 0.0600. The number of carbonyl (C=O) groups is 1. The first-order valence-electron chi connectivity index (χ1n) is 10.0. The Hall–Kier alpha value is -2.26. The first-order valence-corrected chi connectivity index (χ1v) is 11.1. The summed E-state index contributed by atoms with van der Waals surface area (Å²) in [6, 6.07) is 16.9. The number of methoxy groups -OCH3 is 1. The third kappa shape index (κ3) is 5.89. The molecule has 2 aromatic rings. The lowest BCUT2D eigenvalue weighted by Gasteiger charge is -2.39. The lowest BCUT2D eigenvalue weighted by Crippen LogP contribution is -2.48. The molecule has 1 aliphatic heterocycles. The number of hydrogen-bond acceptors (Lipinski definition) is 6. The van der Waals surface area contributed by atoms with Gasteiger partial charge in [-0.1, -0.05) is 42.5 Å².